The molecule has 0 saturated heterocycles. The summed E-state index contributed by atoms with van der Waals surface area (Å²) in [6.45, 7) is 11.8. The van der Waals surface area contributed by atoms with E-state index in [0.29, 0.717) is 13.0 Å². The van der Waals surface area contributed by atoms with E-state index in [4.69, 9.17) is 11.1 Å². The summed E-state index contributed by atoms with van der Waals surface area (Å²) in [5.74, 6) is -0.0468. The number of nitrogens with two attached hydrogens (primary N) is 1. The molecule has 0 aromatic heterocycles. The zero-order valence-electron chi connectivity index (χ0n) is 15.7. The van der Waals surface area contributed by atoms with Gasteiger partial charge < -0.3 is 20.9 Å². The molecular weight excluding hydrogens is 312 g/mol. The summed E-state index contributed by atoms with van der Waals surface area (Å²) < 4.78 is 0.963. The Morgan fingerprint density at radius 1 is 1.22 bits per heavy atom. The van der Waals surface area contributed by atoms with Gasteiger partial charge in [0.25, 0.3) is 0 Å². The van der Waals surface area contributed by atoms with E-state index in [1.54, 1.807) is 0 Å². The van der Waals surface area contributed by atoms with E-state index in [2.05, 4.69) is 26.2 Å². The number of halogens is 1. The molecule has 0 fully saturated rings. The Morgan fingerprint density at radius 2 is 1.78 bits per heavy atom. The Balaban J connectivity index is 0. The number of carbonyl (C=O) groups excluding carboxylic acids is 1. The molecule has 0 aliphatic heterocycles. The quantitative estimate of drug-likeness (QED) is 0.288. The lowest BCUT2D eigenvalue weighted by molar-refractivity contribution is -0.904. The second kappa shape index (κ2) is 11.8. The number of hydrogen-bond donors (Lipinski definition) is 3. The molecule has 6 heteroatoms. The number of quaternary nitrogens is 1. The zero-order valence-corrected chi connectivity index (χ0v) is 16.5. The van der Waals surface area contributed by atoms with Gasteiger partial charge in [-0.25, -0.2) is 0 Å². The smallest absolute Gasteiger partial charge is 0.240 e. The number of carbonyl (C=O) groups is 1. The van der Waals surface area contributed by atoms with Gasteiger partial charge in [-0.3, -0.25) is 4.79 Å². The van der Waals surface area contributed by atoms with Crippen molar-refractivity contribution in [2.75, 3.05) is 33.2 Å². The molecule has 1 atom stereocenters. The lowest BCUT2D eigenvalue weighted by Gasteiger charge is -2.32. The summed E-state index contributed by atoms with van der Waals surface area (Å²) in [4.78, 5) is 12.2. The first-order valence-electron chi connectivity index (χ1n) is 8.61. The van der Waals surface area contributed by atoms with Crippen molar-refractivity contribution in [2.45, 2.75) is 65.3 Å². The largest absolute Gasteiger partial charge is 0.349 e. The molecule has 4 N–H and O–H groups in total. The Labute approximate surface area is 148 Å². The highest BCUT2D eigenvalue weighted by Crippen LogP contribution is 2.13. The third-order valence-corrected chi connectivity index (χ3v) is 4.73. The van der Waals surface area contributed by atoms with Crippen molar-refractivity contribution in [3.8, 4) is 0 Å². The lowest BCUT2D eigenvalue weighted by Crippen LogP contribution is -2.54. The van der Waals surface area contributed by atoms with Crippen LogP contribution in [0.1, 0.15) is 59.8 Å². The second-order valence-corrected chi connectivity index (χ2v) is 6.99. The number of hydrogen-bond acceptors (Lipinski definition) is 3. The standard InChI is InChI=1S/C17H36N4O.ClH/c1-6-21(5,7-2)14-13-20-16(22)17(4,19)12-10-8-9-11-15(3)18;/h18H,6-14,19H2,1-5H3;1H/p+1. The molecule has 0 bridgehead atoms. The third kappa shape index (κ3) is 10.7. The minimum absolute atomic E-state index is 0. The van der Waals surface area contributed by atoms with Gasteiger partial charge in [-0.2, -0.15) is 0 Å². The monoisotopic (exact) mass is 349 g/mol. The first-order valence-corrected chi connectivity index (χ1v) is 8.61. The number of rotatable bonds is 12. The van der Waals surface area contributed by atoms with Crippen LogP contribution in [0.15, 0.2) is 0 Å². The van der Waals surface area contributed by atoms with E-state index in [-0.39, 0.29) is 18.3 Å². The minimum Gasteiger partial charge on any atom is -0.349 e. The van der Waals surface area contributed by atoms with E-state index in [1.165, 1.54) is 0 Å². The molecule has 23 heavy (non-hydrogen) atoms. The average molecular weight is 350 g/mol. The van der Waals surface area contributed by atoms with Gasteiger partial charge in [0, 0.05) is 5.71 Å². The van der Waals surface area contributed by atoms with Crippen LogP contribution in [0.3, 0.4) is 0 Å². The fraction of sp³-hybridized carbons (Fsp3) is 0.882. The summed E-state index contributed by atoms with van der Waals surface area (Å²) in [5.41, 5.74) is 6.09. The predicted molar refractivity (Wildman–Crippen MR) is 101 cm³/mol. The predicted octanol–water partition coefficient (Wildman–Crippen LogP) is 2.72. The summed E-state index contributed by atoms with van der Waals surface area (Å²) in [6.07, 6.45) is 4.51. The van der Waals surface area contributed by atoms with Gasteiger partial charge in [0.1, 0.15) is 0 Å². The van der Waals surface area contributed by atoms with Crippen LogP contribution in [-0.2, 0) is 4.79 Å². The molecule has 1 amide bonds. The van der Waals surface area contributed by atoms with Crippen molar-refractivity contribution >= 4 is 24.0 Å². The van der Waals surface area contributed by atoms with Gasteiger partial charge >= 0.3 is 0 Å². The molecule has 0 aromatic rings. The molecule has 0 spiro atoms. The van der Waals surface area contributed by atoms with Gasteiger partial charge in [-0.05, 0) is 47.0 Å². The second-order valence-electron chi connectivity index (χ2n) is 6.99. The molecule has 0 heterocycles. The molecular formula is C17H38ClN4O+. The van der Waals surface area contributed by atoms with Crippen LogP contribution in [0, 0.1) is 5.41 Å². The summed E-state index contributed by atoms with van der Waals surface area (Å²) in [6, 6.07) is 0. The highest BCUT2D eigenvalue weighted by molar-refractivity contribution is 5.85. The van der Waals surface area contributed by atoms with Crippen molar-refractivity contribution in [1.82, 2.24) is 5.32 Å². The van der Waals surface area contributed by atoms with Crippen LogP contribution < -0.4 is 11.1 Å². The van der Waals surface area contributed by atoms with Gasteiger partial charge in [0.15, 0.2) is 0 Å². The van der Waals surface area contributed by atoms with E-state index >= 15 is 0 Å². The number of nitrogens with one attached hydrogen (secondary N) is 2. The Hall–Kier alpha value is -0.650. The molecule has 0 aliphatic rings. The summed E-state index contributed by atoms with van der Waals surface area (Å²) in [7, 11) is 2.21. The van der Waals surface area contributed by atoms with Crippen LogP contribution in [0.25, 0.3) is 0 Å². The maximum atomic E-state index is 12.2. The van der Waals surface area contributed by atoms with Crippen molar-refractivity contribution in [3.63, 3.8) is 0 Å². The fourth-order valence-electron chi connectivity index (χ4n) is 2.35. The highest BCUT2D eigenvalue weighted by Gasteiger charge is 2.28. The van der Waals surface area contributed by atoms with Crippen LogP contribution >= 0.6 is 12.4 Å². The first kappa shape index (κ1) is 24.6. The normalized spacial score (nSPS) is 13.8. The van der Waals surface area contributed by atoms with Crippen molar-refractivity contribution in [2.24, 2.45) is 5.73 Å². The minimum atomic E-state index is -0.790. The van der Waals surface area contributed by atoms with Crippen molar-refractivity contribution in [3.05, 3.63) is 0 Å². The fourth-order valence-corrected chi connectivity index (χ4v) is 2.35. The molecule has 0 aliphatic carbocycles. The molecule has 0 rings (SSSR count). The maximum absolute atomic E-state index is 12.2. The number of nitrogens with zero attached hydrogens (tertiary/aromatic N) is 1. The Bertz CT molecular complexity index is 355. The van der Waals surface area contributed by atoms with Crippen LogP contribution in [0.4, 0.5) is 0 Å². The highest BCUT2D eigenvalue weighted by atomic mass is 35.5. The summed E-state index contributed by atoms with van der Waals surface area (Å²) in [5, 5.41) is 10.4. The SMILES string of the molecule is CC[N+](C)(CC)CCNC(=O)C(C)(N)CCCCCC(C)=N.Cl. The topological polar surface area (TPSA) is 79.0 Å². The van der Waals surface area contributed by atoms with Crippen LogP contribution in [0.5, 0.6) is 0 Å². The molecule has 0 aromatic carbocycles. The van der Waals surface area contributed by atoms with Gasteiger partial charge in [-0.15, -0.1) is 12.4 Å². The van der Waals surface area contributed by atoms with Gasteiger partial charge in [0.05, 0.1) is 38.8 Å². The Kier molecular flexibility index (Phi) is 12.6. The van der Waals surface area contributed by atoms with Crippen LogP contribution in [-0.4, -0.2) is 54.9 Å². The van der Waals surface area contributed by atoms with Crippen molar-refractivity contribution in [1.29, 1.82) is 5.41 Å². The molecule has 0 saturated carbocycles. The number of amides is 1. The average Bonchev–Trinajstić information content (AvgIpc) is 2.46. The van der Waals surface area contributed by atoms with E-state index in [0.717, 1.165) is 55.5 Å². The first-order chi connectivity index (χ1) is 10.2. The van der Waals surface area contributed by atoms with E-state index in [1.807, 2.05) is 13.8 Å². The zero-order chi connectivity index (χ0) is 17.2. The molecule has 138 valence electrons. The molecule has 5 nitrogen and oxygen atoms in total. The summed E-state index contributed by atoms with van der Waals surface area (Å²) >= 11 is 0. The van der Waals surface area contributed by atoms with Gasteiger partial charge in [0.2, 0.25) is 5.91 Å². The molecule has 1 unspecified atom stereocenters. The van der Waals surface area contributed by atoms with Gasteiger partial charge in [-0.1, -0.05) is 12.8 Å². The number of unbranched alkanes of at least 4 members (excludes halogenated alkanes) is 2. The van der Waals surface area contributed by atoms with Crippen molar-refractivity contribution < 1.29 is 9.28 Å². The number of likely N-dealkylation sites (N-methyl/N-ethyl adjacent to an activating group) is 1. The maximum Gasteiger partial charge on any atom is 0.240 e. The third-order valence-electron chi connectivity index (χ3n) is 4.73. The van der Waals surface area contributed by atoms with E-state index in [9.17, 15) is 4.79 Å². The Morgan fingerprint density at radius 3 is 2.26 bits per heavy atom. The van der Waals surface area contributed by atoms with Crippen LogP contribution in [0.2, 0.25) is 0 Å². The lowest BCUT2D eigenvalue weighted by atomic mass is 9.94. The molecule has 0 radical (unpaired) electrons. The van der Waals surface area contributed by atoms with E-state index < -0.39 is 5.54 Å².